The Hall–Kier alpha value is -1.00. The van der Waals surface area contributed by atoms with Gasteiger partial charge in [-0.15, -0.1) is 11.3 Å². The van der Waals surface area contributed by atoms with Crippen LogP contribution in [-0.2, 0) is 6.54 Å². The third kappa shape index (κ3) is 4.85. The normalized spacial score (nSPS) is 11.4. The molecule has 1 aromatic rings. The maximum absolute atomic E-state index is 5.56. The molecular weight excluding hydrogens is 208 g/mol. The highest BCUT2D eigenvalue weighted by atomic mass is 32.1. The van der Waals surface area contributed by atoms with E-state index < -0.39 is 0 Å². The van der Waals surface area contributed by atoms with E-state index in [-0.39, 0.29) is 0 Å². The Morgan fingerprint density at radius 1 is 1.53 bits per heavy atom. The van der Waals surface area contributed by atoms with Crippen LogP contribution in [0.5, 0.6) is 5.75 Å². The molecule has 0 radical (unpaired) electrons. The minimum absolute atomic E-state index is 0.686. The van der Waals surface area contributed by atoms with Crippen LogP contribution in [0.1, 0.15) is 11.3 Å². The van der Waals surface area contributed by atoms with E-state index >= 15 is 0 Å². The molecule has 2 N–H and O–H groups in total. The van der Waals surface area contributed by atoms with Gasteiger partial charge in [0.05, 0.1) is 6.61 Å². The fraction of sp³-hybridized carbons (Fsp3) is 0.455. The lowest BCUT2D eigenvalue weighted by Crippen LogP contribution is -2.09. The Bertz CT molecular complexity index is 307. The Kier molecular flexibility index (Phi) is 5.21. The average Bonchev–Trinajstić information content (AvgIpc) is 2.59. The number of nitrogens with two attached hydrogens (primary N) is 1. The summed E-state index contributed by atoms with van der Waals surface area (Å²) >= 11 is 1.73. The van der Waals surface area contributed by atoms with Crippen molar-refractivity contribution in [2.24, 2.45) is 5.73 Å². The van der Waals surface area contributed by atoms with Crippen molar-refractivity contribution in [1.82, 2.24) is 4.90 Å². The van der Waals surface area contributed by atoms with Crippen LogP contribution in [0, 0.1) is 0 Å². The van der Waals surface area contributed by atoms with Crippen LogP contribution in [-0.4, -0.2) is 25.6 Å². The molecule has 0 unspecified atom stereocenters. The Morgan fingerprint density at radius 2 is 2.33 bits per heavy atom. The van der Waals surface area contributed by atoms with Crippen molar-refractivity contribution in [1.29, 1.82) is 0 Å². The molecule has 0 aliphatic rings. The van der Waals surface area contributed by atoms with E-state index in [0.717, 1.165) is 18.7 Å². The van der Waals surface area contributed by atoms with Crippen molar-refractivity contribution in [3.63, 3.8) is 0 Å². The first-order valence-electron chi connectivity index (χ1n) is 4.94. The summed E-state index contributed by atoms with van der Waals surface area (Å²) in [5, 5.41) is 2.05. The molecule has 0 aliphatic carbocycles. The van der Waals surface area contributed by atoms with Crippen LogP contribution in [0.2, 0.25) is 0 Å². The van der Waals surface area contributed by atoms with Crippen molar-refractivity contribution in [2.75, 3.05) is 20.7 Å². The van der Waals surface area contributed by atoms with Gasteiger partial charge in [0.15, 0.2) is 0 Å². The van der Waals surface area contributed by atoms with E-state index in [1.165, 1.54) is 4.88 Å². The number of nitrogens with zero attached hydrogens (tertiary/aromatic N) is 1. The summed E-state index contributed by atoms with van der Waals surface area (Å²) in [6, 6.07) is 2.09. The molecule has 0 atom stereocenters. The van der Waals surface area contributed by atoms with Crippen molar-refractivity contribution < 1.29 is 4.74 Å². The minimum atomic E-state index is 0.686. The molecule has 4 heteroatoms. The van der Waals surface area contributed by atoms with Gasteiger partial charge in [-0.3, -0.25) is 0 Å². The summed E-state index contributed by atoms with van der Waals surface area (Å²) in [4.78, 5) is 3.47. The molecule has 0 fully saturated rings. The van der Waals surface area contributed by atoms with Gasteiger partial charge in [-0.05, 0) is 26.4 Å². The molecule has 84 valence electrons. The van der Waals surface area contributed by atoms with Crippen molar-refractivity contribution in [2.45, 2.75) is 13.0 Å². The summed E-state index contributed by atoms with van der Waals surface area (Å²) in [5.74, 6) is 0.960. The molecule has 0 amide bonds. The Labute approximate surface area is 95.2 Å². The highest BCUT2D eigenvalue weighted by Crippen LogP contribution is 2.22. The van der Waals surface area contributed by atoms with Crippen LogP contribution in [0.4, 0.5) is 0 Å². The largest absolute Gasteiger partial charge is 0.492 e. The average molecular weight is 226 g/mol. The Morgan fingerprint density at radius 3 is 3.00 bits per heavy atom. The smallest absolute Gasteiger partial charge is 0.130 e. The zero-order valence-electron chi connectivity index (χ0n) is 9.27. The predicted molar refractivity (Wildman–Crippen MR) is 65.1 cm³/mol. The molecular formula is C11H18N2OS. The SMILES string of the molecule is CN(C)Cc1cc(OCC/C=C\N)cs1. The number of hydrogen-bond acceptors (Lipinski definition) is 4. The molecule has 15 heavy (non-hydrogen) atoms. The zero-order chi connectivity index (χ0) is 11.1. The van der Waals surface area contributed by atoms with E-state index in [2.05, 4.69) is 25.1 Å². The van der Waals surface area contributed by atoms with Gasteiger partial charge in [-0.2, -0.15) is 0 Å². The van der Waals surface area contributed by atoms with Crippen LogP contribution in [0.15, 0.2) is 23.7 Å². The number of thiophene rings is 1. The van der Waals surface area contributed by atoms with E-state index in [9.17, 15) is 0 Å². The zero-order valence-corrected chi connectivity index (χ0v) is 10.1. The topological polar surface area (TPSA) is 38.5 Å². The highest BCUT2D eigenvalue weighted by molar-refractivity contribution is 7.10. The fourth-order valence-electron chi connectivity index (χ4n) is 1.17. The van der Waals surface area contributed by atoms with Gasteiger partial charge in [-0.25, -0.2) is 0 Å². The van der Waals surface area contributed by atoms with Gasteiger partial charge in [-0.1, -0.05) is 6.08 Å². The van der Waals surface area contributed by atoms with Crippen LogP contribution < -0.4 is 10.5 Å². The predicted octanol–water partition coefficient (Wildman–Crippen LogP) is 2.05. The lowest BCUT2D eigenvalue weighted by Gasteiger charge is -2.06. The van der Waals surface area contributed by atoms with Gasteiger partial charge in [0.2, 0.25) is 0 Å². The first kappa shape index (κ1) is 12.1. The first-order chi connectivity index (χ1) is 7.22. The number of rotatable bonds is 6. The van der Waals surface area contributed by atoms with Gasteiger partial charge in [0.1, 0.15) is 5.75 Å². The minimum Gasteiger partial charge on any atom is -0.492 e. The molecule has 3 nitrogen and oxygen atoms in total. The summed E-state index contributed by atoms with van der Waals surface area (Å²) in [7, 11) is 4.12. The lowest BCUT2D eigenvalue weighted by molar-refractivity contribution is 0.325. The van der Waals surface area contributed by atoms with Crippen LogP contribution in [0.25, 0.3) is 0 Å². The molecule has 1 aromatic heterocycles. The first-order valence-corrected chi connectivity index (χ1v) is 5.82. The summed E-state index contributed by atoms with van der Waals surface area (Å²) < 4.78 is 5.56. The van der Waals surface area contributed by atoms with Gasteiger partial charge < -0.3 is 15.4 Å². The second kappa shape index (κ2) is 6.48. The molecule has 0 bridgehead atoms. The summed E-state index contributed by atoms with van der Waals surface area (Å²) in [5.41, 5.74) is 5.23. The number of ether oxygens (including phenoxy) is 1. The second-order valence-corrected chi connectivity index (χ2v) is 4.55. The maximum atomic E-state index is 5.56. The highest BCUT2D eigenvalue weighted by Gasteiger charge is 2.01. The monoisotopic (exact) mass is 226 g/mol. The van der Waals surface area contributed by atoms with Gasteiger partial charge >= 0.3 is 0 Å². The van der Waals surface area contributed by atoms with E-state index in [0.29, 0.717) is 6.61 Å². The third-order valence-corrected chi connectivity index (χ3v) is 2.69. The molecule has 0 aromatic carbocycles. The standard InChI is InChI=1S/C11H18N2OS/c1-13(2)8-11-7-10(9-15-11)14-6-4-3-5-12/h3,5,7,9H,4,6,8,12H2,1-2H3/b5-3-. The third-order valence-electron chi connectivity index (χ3n) is 1.79. The fourth-order valence-corrected chi connectivity index (χ4v) is 2.09. The van der Waals surface area contributed by atoms with Crippen LogP contribution >= 0.6 is 11.3 Å². The molecule has 0 saturated heterocycles. The van der Waals surface area contributed by atoms with Gasteiger partial charge in [0, 0.05) is 23.2 Å². The van der Waals surface area contributed by atoms with E-state index in [1.807, 2.05) is 11.5 Å². The molecule has 0 saturated carbocycles. The van der Waals surface area contributed by atoms with Crippen LogP contribution in [0.3, 0.4) is 0 Å². The van der Waals surface area contributed by atoms with Crippen molar-refractivity contribution in [3.8, 4) is 5.75 Å². The van der Waals surface area contributed by atoms with Crippen molar-refractivity contribution in [3.05, 3.63) is 28.6 Å². The molecule has 0 spiro atoms. The van der Waals surface area contributed by atoms with Gasteiger partial charge in [0.25, 0.3) is 0 Å². The summed E-state index contributed by atoms with van der Waals surface area (Å²) in [6.07, 6.45) is 4.30. The molecule has 0 aliphatic heterocycles. The van der Waals surface area contributed by atoms with E-state index in [1.54, 1.807) is 17.5 Å². The number of hydrogen-bond donors (Lipinski definition) is 1. The summed E-state index contributed by atoms with van der Waals surface area (Å²) in [6.45, 7) is 1.66. The van der Waals surface area contributed by atoms with Crippen molar-refractivity contribution >= 4 is 11.3 Å². The maximum Gasteiger partial charge on any atom is 0.130 e. The lowest BCUT2D eigenvalue weighted by atomic mass is 10.4. The molecule has 1 rings (SSSR count). The second-order valence-electron chi connectivity index (χ2n) is 3.55. The van der Waals surface area contributed by atoms with E-state index in [4.69, 9.17) is 10.5 Å². The Balaban J connectivity index is 2.32. The quantitative estimate of drug-likeness (QED) is 0.754. The molecule has 1 heterocycles.